The van der Waals surface area contributed by atoms with Gasteiger partial charge in [-0.15, -0.1) is 5.10 Å². The van der Waals surface area contributed by atoms with Crippen molar-refractivity contribution in [2.75, 3.05) is 0 Å². The average Bonchev–Trinajstić information content (AvgIpc) is 2.80. The van der Waals surface area contributed by atoms with Crippen LogP contribution in [-0.4, -0.2) is 20.1 Å². The van der Waals surface area contributed by atoms with Gasteiger partial charge < -0.3 is 5.11 Å². The maximum Gasteiger partial charge on any atom is 0.111 e. The molecule has 1 aromatic heterocycles. The first kappa shape index (κ1) is 12.5. The lowest BCUT2D eigenvalue weighted by Gasteiger charge is -2.02. The Morgan fingerprint density at radius 1 is 1.35 bits per heavy atom. The molecule has 0 aliphatic rings. The highest BCUT2D eigenvalue weighted by Gasteiger charge is 2.09. The van der Waals surface area contributed by atoms with Crippen LogP contribution in [0.3, 0.4) is 0 Å². The zero-order valence-corrected chi connectivity index (χ0v) is 11.7. The molecule has 5 heteroatoms. The van der Waals surface area contributed by atoms with Gasteiger partial charge in [-0.05, 0) is 46.7 Å². The number of hydrogen-bond acceptors (Lipinski definition) is 3. The highest BCUT2D eigenvalue weighted by molar-refractivity contribution is 14.1. The summed E-state index contributed by atoms with van der Waals surface area (Å²) in [4.78, 5) is 0. The van der Waals surface area contributed by atoms with Gasteiger partial charge in [-0.1, -0.05) is 24.3 Å². The molecule has 2 aromatic rings. The summed E-state index contributed by atoms with van der Waals surface area (Å²) < 4.78 is 2.96. The first-order valence-electron chi connectivity index (χ1n) is 5.51. The third-order valence-corrected chi connectivity index (χ3v) is 3.26. The van der Waals surface area contributed by atoms with Gasteiger partial charge in [-0.2, -0.15) is 0 Å². The van der Waals surface area contributed by atoms with Crippen LogP contribution in [0.5, 0.6) is 0 Å². The first-order valence-corrected chi connectivity index (χ1v) is 6.59. The molecule has 17 heavy (non-hydrogen) atoms. The molecule has 2 rings (SSSR count). The topological polar surface area (TPSA) is 50.9 Å². The molecule has 0 aliphatic heterocycles. The molecule has 0 saturated carbocycles. The van der Waals surface area contributed by atoms with Gasteiger partial charge in [0.1, 0.15) is 5.69 Å². The lowest BCUT2D eigenvalue weighted by atomic mass is 10.2. The fraction of sp³-hybridized carbons (Fsp3) is 0.333. The van der Waals surface area contributed by atoms with Crippen LogP contribution in [-0.2, 0) is 6.54 Å². The second-order valence-electron chi connectivity index (χ2n) is 3.89. The Labute approximate surface area is 114 Å². The van der Waals surface area contributed by atoms with Gasteiger partial charge in [0.25, 0.3) is 0 Å². The standard InChI is InChI=1S/C12H14IN3O/c1-2-12(17)11-8-16(15-14-11)7-9-3-5-10(13)6-4-9/h3-6,8,12,17H,2,7H2,1H3. The van der Waals surface area contributed by atoms with Gasteiger partial charge >= 0.3 is 0 Å². The first-order chi connectivity index (χ1) is 8.19. The van der Waals surface area contributed by atoms with Crippen molar-refractivity contribution in [1.82, 2.24) is 15.0 Å². The Morgan fingerprint density at radius 3 is 2.71 bits per heavy atom. The summed E-state index contributed by atoms with van der Waals surface area (Å²) in [7, 11) is 0. The van der Waals surface area contributed by atoms with Gasteiger partial charge in [-0.3, -0.25) is 0 Å². The van der Waals surface area contributed by atoms with Crippen LogP contribution in [0.1, 0.15) is 30.7 Å². The quantitative estimate of drug-likeness (QED) is 0.868. The maximum absolute atomic E-state index is 9.63. The fourth-order valence-electron chi connectivity index (χ4n) is 1.53. The van der Waals surface area contributed by atoms with E-state index in [1.54, 1.807) is 10.9 Å². The number of benzene rings is 1. The summed E-state index contributed by atoms with van der Waals surface area (Å²) >= 11 is 2.28. The minimum absolute atomic E-state index is 0.513. The molecule has 1 atom stereocenters. The average molecular weight is 343 g/mol. The number of aliphatic hydroxyl groups is 1. The highest BCUT2D eigenvalue weighted by Crippen LogP contribution is 2.13. The van der Waals surface area contributed by atoms with Crippen LogP contribution in [0, 0.1) is 3.57 Å². The molecule has 1 unspecified atom stereocenters. The Balaban J connectivity index is 2.08. The SMILES string of the molecule is CCC(O)c1cn(Cc2ccc(I)cc2)nn1. The summed E-state index contributed by atoms with van der Waals surface area (Å²) in [6.07, 6.45) is 1.94. The molecule has 4 nitrogen and oxygen atoms in total. The van der Waals surface area contributed by atoms with Gasteiger partial charge in [0.2, 0.25) is 0 Å². The van der Waals surface area contributed by atoms with E-state index in [-0.39, 0.29) is 0 Å². The lowest BCUT2D eigenvalue weighted by Crippen LogP contribution is -2.00. The number of hydrogen-bond donors (Lipinski definition) is 1. The van der Waals surface area contributed by atoms with E-state index < -0.39 is 6.10 Å². The Hall–Kier alpha value is -0.950. The van der Waals surface area contributed by atoms with Crippen molar-refractivity contribution >= 4 is 22.6 Å². The predicted molar refractivity (Wildman–Crippen MR) is 73.5 cm³/mol. The van der Waals surface area contributed by atoms with Crippen molar-refractivity contribution < 1.29 is 5.11 Å². The minimum atomic E-state index is -0.513. The zero-order chi connectivity index (χ0) is 12.3. The summed E-state index contributed by atoms with van der Waals surface area (Å²) in [5, 5.41) is 17.6. The normalized spacial score (nSPS) is 12.6. The van der Waals surface area contributed by atoms with E-state index in [1.807, 2.05) is 6.92 Å². The number of rotatable bonds is 4. The molecule has 0 saturated heterocycles. The van der Waals surface area contributed by atoms with Crippen LogP contribution >= 0.6 is 22.6 Å². The molecule has 1 aromatic carbocycles. The number of nitrogens with zero attached hydrogens (tertiary/aromatic N) is 3. The third-order valence-electron chi connectivity index (χ3n) is 2.54. The molecule has 1 heterocycles. The fourth-order valence-corrected chi connectivity index (χ4v) is 1.89. The van der Waals surface area contributed by atoms with Gasteiger partial charge in [0.15, 0.2) is 0 Å². The summed E-state index contributed by atoms with van der Waals surface area (Å²) in [5.41, 5.74) is 1.81. The molecule has 0 fully saturated rings. The maximum atomic E-state index is 9.63. The van der Waals surface area contributed by atoms with Crippen LogP contribution in [0.15, 0.2) is 30.5 Å². The van der Waals surface area contributed by atoms with Crippen LogP contribution < -0.4 is 0 Å². The molecular weight excluding hydrogens is 329 g/mol. The molecule has 1 N–H and O–H groups in total. The van der Waals surface area contributed by atoms with E-state index >= 15 is 0 Å². The molecule has 0 bridgehead atoms. The largest absolute Gasteiger partial charge is 0.387 e. The highest BCUT2D eigenvalue weighted by atomic mass is 127. The van der Waals surface area contributed by atoms with E-state index in [4.69, 9.17) is 0 Å². The van der Waals surface area contributed by atoms with Crippen molar-refractivity contribution in [3.63, 3.8) is 0 Å². The van der Waals surface area contributed by atoms with Crippen molar-refractivity contribution in [3.8, 4) is 0 Å². The second kappa shape index (κ2) is 5.59. The summed E-state index contributed by atoms with van der Waals surface area (Å²) in [6.45, 7) is 2.60. The third kappa shape index (κ3) is 3.26. The Morgan fingerprint density at radius 2 is 2.06 bits per heavy atom. The van der Waals surface area contributed by atoms with Crippen LogP contribution in [0.4, 0.5) is 0 Å². The molecular formula is C12H14IN3O. The smallest absolute Gasteiger partial charge is 0.111 e. The molecule has 0 aliphatic carbocycles. The van der Waals surface area contributed by atoms with Gasteiger partial charge in [0.05, 0.1) is 18.8 Å². The van der Waals surface area contributed by atoms with Gasteiger partial charge in [0, 0.05) is 3.57 Å². The minimum Gasteiger partial charge on any atom is -0.387 e. The summed E-state index contributed by atoms with van der Waals surface area (Å²) in [6, 6.07) is 8.27. The van der Waals surface area contributed by atoms with E-state index in [9.17, 15) is 5.11 Å². The molecule has 0 amide bonds. The van der Waals surface area contributed by atoms with Crippen LogP contribution in [0.2, 0.25) is 0 Å². The van der Waals surface area contributed by atoms with E-state index in [1.165, 1.54) is 9.13 Å². The molecule has 0 radical (unpaired) electrons. The monoisotopic (exact) mass is 343 g/mol. The number of halogens is 1. The van der Waals surface area contributed by atoms with Gasteiger partial charge in [-0.25, -0.2) is 4.68 Å². The Bertz CT molecular complexity index is 481. The van der Waals surface area contributed by atoms with Crippen molar-refractivity contribution in [3.05, 3.63) is 45.3 Å². The van der Waals surface area contributed by atoms with E-state index in [2.05, 4.69) is 57.2 Å². The second-order valence-corrected chi connectivity index (χ2v) is 5.14. The van der Waals surface area contributed by atoms with Crippen molar-refractivity contribution in [2.24, 2.45) is 0 Å². The summed E-state index contributed by atoms with van der Waals surface area (Å²) in [5.74, 6) is 0. The van der Waals surface area contributed by atoms with Crippen molar-refractivity contribution in [1.29, 1.82) is 0 Å². The van der Waals surface area contributed by atoms with E-state index in [0.717, 1.165) is 0 Å². The lowest BCUT2D eigenvalue weighted by molar-refractivity contribution is 0.168. The molecule has 90 valence electrons. The van der Waals surface area contributed by atoms with Crippen LogP contribution in [0.25, 0.3) is 0 Å². The molecule has 0 spiro atoms. The van der Waals surface area contributed by atoms with Crippen molar-refractivity contribution in [2.45, 2.75) is 26.0 Å². The predicted octanol–water partition coefficient (Wildman–Crippen LogP) is 2.37. The number of aromatic nitrogens is 3. The van der Waals surface area contributed by atoms with E-state index in [0.29, 0.717) is 18.7 Å². The number of aliphatic hydroxyl groups excluding tert-OH is 1. The zero-order valence-electron chi connectivity index (χ0n) is 9.55. The Kier molecular flexibility index (Phi) is 4.11.